The molecule has 0 saturated carbocycles. The average molecular weight is 541 g/mol. The van der Waals surface area contributed by atoms with Crippen LogP contribution in [-0.2, 0) is 28.5 Å². The third kappa shape index (κ3) is 10.0. The van der Waals surface area contributed by atoms with Crippen LogP contribution in [0, 0.1) is 17.8 Å². The predicted molar refractivity (Wildman–Crippen MR) is 139 cm³/mol. The van der Waals surface area contributed by atoms with Gasteiger partial charge in [0.15, 0.2) is 29.3 Å². The molecule has 1 aliphatic heterocycles. The largest absolute Gasteiger partial charge is 0.503 e. The number of nitrogens with one attached hydrogen (secondary N) is 1. The maximum Gasteiger partial charge on any atom is 0.331 e. The van der Waals surface area contributed by atoms with Gasteiger partial charge in [0.2, 0.25) is 0 Å². The minimum absolute atomic E-state index is 0.0797. The summed E-state index contributed by atoms with van der Waals surface area (Å²) in [4.78, 5) is 30.1. The van der Waals surface area contributed by atoms with E-state index in [9.17, 15) is 14.7 Å². The lowest BCUT2D eigenvalue weighted by Gasteiger charge is -2.33. The van der Waals surface area contributed by atoms with E-state index in [1.165, 1.54) is 19.4 Å². The van der Waals surface area contributed by atoms with E-state index < -0.39 is 42.0 Å². The second kappa shape index (κ2) is 15.8. The van der Waals surface area contributed by atoms with Crippen molar-refractivity contribution >= 4 is 11.9 Å². The second-order valence-corrected chi connectivity index (χ2v) is 10.6. The standard InChI is InChI=1S/C27H44N2O9/c1-16(2)10-34-15-22-25(37-12-18(5)6)21(36-11-17(3)4)14-35-13-19(27(32)38-22)29-26(31)23-24(30)20(33-7)8-9-28-23/h8-9,16-19,21-22,25,30H,10-15H2,1-7H3,(H,29,31). The van der Waals surface area contributed by atoms with E-state index in [1.54, 1.807) is 0 Å². The van der Waals surface area contributed by atoms with Crippen molar-refractivity contribution in [3.8, 4) is 11.5 Å². The van der Waals surface area contributed by atoms with Gasteiger partial charge in [-0.2, -0.15) is 0 Å². The Hall–Kier alpha value is -2.47. The minimum Gasteiger partial charge on any atom is -0.503 e. The fraction of sp³-hybridized carbons (Fsp3) is 0.741. The zero-order valence-corrected chi connectivity index (χ0v) is 23.6. The van der Waals surface area contributed by atoms with Crippen LogP contribution in [0.25, 0.3) is 0 Å². The first kappa shape index (κ1) is 31.7. The monoisotopic (exact) mass is 540 g/mol. The summed E-state index contributed by atoms with van der Waals surface area (Å²) in [6.07, 6.45) is -0.663. The van der Waals surface area contributed by atoms with Gasteiger partial charge in [0, 0.05) is 32.1 Å². The van der Waals surface area contributed by atoms with Gasteiger partial charge in [-0.3, -0.25) is 4.79 Å². The summed E-state index contributed by atoms with van der Waals surface area (Å²) < 4.78 is 35.0. The van der Waals surface area contributed by atoms with Crippen molar-refractivity contribution in [3.63, 3.8) is 0 Å². The zero-order chi connectivity index (χ0) is 28.2. The molecule has 0 aromatic carbocycles. The van der Waals surface area contributed by atoms with Gasteiger partial charge in [0.05, 0.1) is 26.9 Å². The molecule has 1 aromatic heterocycles. The average Bonchev–Trinajstić information content (AvgIpc) is 2.90. The first-order valence-electron chi connectivity index (χ1n) is 13.1. The number of aromatic hydroxyl groups is 1. The normalized spacial score (nSPS) is 22.6. The van der Waals surface area contributed by atoms with E-state index in [2.05, 4.69) is 10.3 Å². The molecule has 0 bridgehead atoms. The molecule has 0 radical (unpaired) electrons. The molecule has 1 aliphatic rings. The number of amides is 1. The summed E-state index contributed by atoms with van der Waals surface area (Å²) in [6, 6.07) is 0.247. The SMILES string of the molecule is COc1ccnc(C(=O)NC2COCC(OCC(C)C)C(OCC(C)C)C(COCC(C)C)OC2=O)c1O. The number of hydrogen-bond acceptors (Lipinski definition) is 10. The van der Waals surface area contributed by atoms with Crippen LogP contribution >= 0.6 is 0 Å². The quantitative estimate of drug-likeness (QED) is 0.360. The Kier molecular flexibility index (Phi) is 13.2. The minimum atomic E-state index is -1.17. The van der Waals surface area contributed by atoms with Gasteiger partial charge in [-0.1, -0.05) is 41.5 Å². The number of ether oxygens (including phenoxy) is 6. The van der Waals surface area contributed by atoms with E-state index in [1.807, 2.05) is 41.5 Å². The third-order valence-electron chi connectivity index (χ3n) is 5.48. The van der Waals surface area contributed by atoms with Crippen LogP contribution in [0.5, 0.6) is 11.5 Å². The van der Waals surface area contributed by atoms with Crippen molar-refractivity contribution in [2.24, 2.45) is 17.8 Å². The van der Waals surface area contributed by atoms with Gasteiger partial charge in [-0.05, 0) is 17.8 Å². The molecule has 0 spiro atoms. The molecule has 1 amide bonds. The van der Waals surface area contributed by atoms with Crippen LogP contribution in [0.2, 0.25) is 0 Å². The number of carbonyl (C=O) groups is 2. The maximum absolute atomic E-state index is 13.3. The number of rotatable bonds is 13. The lowest BCUT2D eigenvalue weighted by Crippen LogP contribution is -2.50. The summed E-state index contributed by atoms with van der Waals surface area (Å²) in [5.74, 6) is -1.08. The van der Waals surface area contributed by atoms with Crippen LogP contribution in [0.1, 0.15) is 52.0 Å². The number of aromatic nitrogens is 1. The highest BCUT2D eigenvalue weighted by Gasteiger charge is 2.39. The summed E-state index contributed by atoms with van der Waals surface area (Å²) in [7, 11) is 1.36. The van der Waals surface area contributed by atoms with E-state index in [0.29, 0.717) is 19.8 Å². The molecule has 4 atom stereocenters. The van der Waals surface area contributed by atoms with Crippen LogP contribution < -0.4 is 10.1 Å². The van der Waals surface area contributed by atoms with Gasteiger partial charge < -0.3 is 38.8 Å². The highest BCUT2D eigenvalue weighted by molar-refractivity contribution is 5.98. The Balaban J connectivity index is 2.30. The van der Waals surface area contributed by atoms with E-state index >= 15 is 0 Å². The molecule has 38 heavy (non-hydrogen) atoms. The Labute approximate surface area is 225 Å². The van der Waals surface area contributed by atoms with E-state index in [-0.39, 0.29) is 49.0 Å². The Morgan fingerprint density at radius 3 is 2.37 bits per heavy atom. The van der Waals surface area contributed by atoms with Gasteiger partial charge in [-0.25, -0.2) is 9.78 Å². The summed E-state index contributed by atoms with van der Waals surface area (Å²) in [6.45, 7) is 13.6. The maximum atomic E-state index is 13.3. The van der Waals surface area contributed by atoms with Crippen LogP contribution in [0.3, 0.4) is 0 Å². The first-order chi connectivity index (χ1) is 18.0. The molecular weight excluding hydrogens is 496 g/mol. The van der Waals surface area contributed by atoms with Crippen molar-refractivity contribution in [3.05, 3.63) is 18.0 Å². The van der Waals surface area contributed by atoms with Gasteiger partial charge in [0.25, 0.3) is 5.91 Å². The van der Waals surface area contributed by atoms with E-state index in [4.69, 9.17) is 28.4 Å². The number of methoxy groups -OCH3 is 1. The van der Waals surface area contributed by atoms with Crippen molar-refractivity contribution in [2.45, 2.75) is 65.9 Å². The van der Waals surface area contributed by atoms with E-state index in [0.717, 1.165) is 0 Å². The molecule has 11 heteroatoms. The Morgan fingerprint density at radius 2 is 1.74 bits per heavy atom. The van der Waals surface area contributed by atoms with Crippen molar-refractivity contribution in [1.82, 2.24) is 10.3 Å². The van der Waals surface area contributed by atoms with Crippen molar-refractivity contribution in [2.75, 3.05) is 46.8 Å². The lowest BCUT2D eigenvalue weighted by molar-refractivity contribution is -0.181. The molecule has 4 unspecified atom stereocenters. The fourth-order valence-corrected chi connectivity index (χ4v) is 3.62. The van der Waals surface area contributed by atoms with Crippen molar-refractivity contribution < 1.29 is 43.1 Å². The van der Waals surface area contributed by atoms with Gasteiger partial charge in [-0.15, -0.1) is 0 Å². The summed E-state index contributed by atoms with van der Waals surface area (Å²) in [5, 5.41) is 12.9. The topological polar surface area (TPSA) is 135 Å². The van der Waals surface area contributed by atoms with Crippen LogP contribution in [0.4, 0.5) is 0 Å². The van der Waals surface area contributed by atoms with Crippen LogP contribution in [-0.4, -0.2) is 93.1 Å². The van der Waals surface area contributed by atoms with Gasteiger partial charge >= 0.3 is 5.97 Å². The molecule has 216 valence electrons. The molecule has 11 nitrogen and oxygen atoms in total. The van der Waals surface area contributed by atoms with Crippen LogP contribution in [0.15, 0.2) is 12.3 Å². The molecule has 1 aromatic rings. The highest BCUT2D eigenvalue weighted by atomic mass is 16.6. The molecule has 2 rings (SSSR count). The smallest absolute Gasteiger partial charge is 0.331 e. The molecule has 1 fully saturated rings. The number of nitrogens with zero attached hydrogens (tertiary/aromatic N) is 1. The molecule has 0 aliphatic carbocycles. The summed E-state index contributed by atoms with van der Waals surface area (Å²) >= 11 is 0. The highest BCUT2D eigenvalue weighted by Crippen LogP contribution is 2.27. The number of hydrogen-bond donors (Lipinski definition) is 2. The predicted octanol–water partition coefficient (Wildman–Crippen LogP) is 2.59. The molecule has 2 heterocycles. The Bertz CT molecular complexity index is 878. The fourth-order valence-electron chi connectivity index (χ4n) is 3.62. The molecular formula is C27H44N2O9. The lowest BCUT2D eigenvalue weighted by atomic mass is 10.1. The zero-order valence-electron chi connectivity index (χ0n) is 23.6. The second-order valence-electron chi connectivity index (χ2n) is 10.6. The van der Waals surface area contributed by atoms with Crippen molar-refractivity contribution in [1.29, 1.82) is 0 Å². The molecule has 2 N–H and O–H groups in total. The molecule has 1 saturated heterocycles. The summed E-state index contributed by atoms with van der Waals surface area (Å²) in [5.41, 5.74) is -0.287. The van der Waals surface area contributed by atoms with Gasteiger partial charge in [0.1, 0.15) is 12.2 Å². The number of pyridine rings is 1. The first-order valence-corrected chi connectivity index (χ1v) is 13.1. The number of cyclic esters (lactones) is 1. The number of carbonyl (C=O) groups excluding carboxylic acids is 2. The number of esters is 1. The third-order valence-corrected chi connectivity index (χ3v) is 5.48. The Morgan fingerprint density at radius 1 is 1.08 bits per heavy atom.